The first-order valence-corrected chi connectivity index (χ1v) is 11.4. The highest BCUT2D eigenvalue weighted by Crippen LogP contribution is 2.33. The molecule has 0 aliphatic heterocycles. The molecule has 6 heteroatoms. The van der Waals surface area contributed by atoms with Gasteiger partial charge in [-0.3, -0.25) is 4.79 Å². The first-order chi connectivity index (χ1) is 16.0. The summed E-state index contributed by atoms with van der Waals surface area (Å²) >= 11 is 0. The largest absolute Gasteiger partial charge is 0.490 e. The smallest absolute Gasteiger partial charge is 0.248 e. The Morgan fingerprint density at radius 3 is 2.48 bits per heavy atom. The van der Waals surface area contributed by atoms with Crippen LogP contribution in [-0.4, -0.2) is 41.8 Å². The number of nitrogens with one attached hydrogen (secondary N) is 1. The summed E-state index contributed by atoms with van der Waals surface area (Å²) in [6.07, 6.45) is 0.343. The number of amides is 1. The molecule has 0 radical (unpaired) electrons. The molecule has 2 atom stereocenters. The number of primary amides is 1. The third-order valence-electron chi connectivity index (χ3n) is 6.10. The molecular formula is C27H31N3O3. The highest BCUT2D eigenvalue weighted by Gasteiger charge is 2.17. The normalized spacial score (nSPS) is 13.2. The van der Waals surface area contributed by atoms with E-state index in [1.54, 1.807) is 12.1 Å². The summed E-state index contributed by atoms with van der Waals surface area (Å²) < 4.78 is 6.11. The van der Waals surface area contributed by atoms with Crippen molar-refractivity contribution >= 4 is 33.4 Å². The van der Waals surface area contributed by atoms with Gasteiger partial charge in [0, 0.05) is 40.6 Å². The predicted octanol–water partition coefficient (Wildman–Crippen LogP) is 4.71. The maximum absolute atomic E-state index is 11.4. The van der Waals surface area contributed by atoms with Gasteiger partial charge in [-0.25, -0.2) is 0 Å². The molecule has 4 N–H and O–H groups in total. The molecule has 0 aliphatic carbocycles. The monoisotopic (exact) mass is 445 g/mol. The lowest BCUT2D eigenvalue weighted by atomic mass is 10.1. The van der Waals surface area contributed by atoms with Gasteiger partial charge in [0.1, 0.15) is 18.5 Å². The molecule has 6 nitrogen and oxygen atoms in total. The Labute approximate surface area is 194 Å². The number of aromatic amines is 1. The van der Waals surface area contributed by atoms with Crippen molar-refractivity contribution < 1.29 is 14.6 Å². The van der Waals surface area contributed by atoms with Crippen LogP contribution in [0.15, 0.2) is 66.7 Å². The van der Waals surface area contributed by atoms with Crippen molar-refractivity contribution in [2.45, 2.75) is 26.4 Å². The van der Waals surface area contributed by atoms with Crippen molar-refractivity contribution in [2.75, 3.05) is 24.6 Å². The van der Waals surface area contributed by atoms with Crippen molar-refractivity contribution in [2.24, 2.45) is 11.7 Å². The number of carbonyl (C=O) groups is 1. The van der Waals surface area contributed by atoms with Gasteiger partial charge in [-0.2, -0.15) is 0 Å². The van der Waals surface area contributed by atoms with Gasteiger partial charge in [0.25, 0.3) is 0 Å². The van der Waals surface area contributed by atoms with Crippen LogP contribution in [0, 0.1) is 5.92 Å². The Hall–Kier alpha value is -3.51. The van der Waals surface area contributed by atoms with Crippen molar-refractivity contribution in [3.8, 4) is 5.75 Å². The number of aliphatic hydroxyl groups excluding tert-OH is 1. The van der Waals surface area contributed by atoms with Gasteiger partial charge >= 0.3 is 0 Å². The summed E-state index contributed by atoms with van der Waals surface area (Å²) in [7, 11) is 0. The summed E-state index contributed by atoms with van der Waals surface area (Å²) in [6.45, 7) is 5.73. The minimum Gasteiger partial charge on any atom is -0.490 e. The van der Waals surface area contributed by atoms with Gasteiger partial charge in [0.2, 0.25) is 5.91 Å². The Bertz CT molecular complexity index is 1230. The van der Waals surface area contributed by atoms with Crippen LogP contribution >= 0.6 is 0 Å². The van der Waals surface area contributed by atoms with Gasteiger partial charge < -0.3 is 25.5 Å². The molecule has 1 unspecified atom stereocenters. The average Bonchev–Trinajstić information content (AvgIpc) is 3.21. The number of para-hydroxylation sites is 1. The van der Waals surface area contributed by atoms with Crippen molar-refractivity contribution in [3.63, 3.8) is 0 Å². The molecule has 33 heavy (non-hydrogen) atoms. The summed E-state index contributed by atoms with van der Waals surface area (Å²) in [5.74, 6) is 0.757. The van der Waals surface area contributed by atoms with Crippen LogP contribution in [0.1, 0.15) is 30.6 Å². The number of anilines is 1. The Morgan fingerprint density at radius 1 is 1.03 bits per heavy atom. The zero-order valence-corrected chi connectivity index (χ0v) is 19.1. The lowest BCUT2D eigenvalue weighted by Crippen LogP contribution is -2.38. The van der Waals surface area contributed by atoms with E-state index in [-0.39, 0.29) is 6.61 Å². The Kier molecular flexibility index (Phi) is 6.84. The molecule has 1 heterocycles. The first kappa shape index (κ1) is 22.7. The van der Waals surface area contributed by atoms with Crippen LogP contribution in [0.4, 0.5) is 5.69 Å². The zero-order valence-electron chi connectivity index (χ0n) is 19.1. The summed E-state index contributed by atoms with van der Waals surface area (Å²) in [4.78, 5) is 17.0. The molecule has 1 aromatic heterocycles. The van der Waals surface area contributed by atoms with E-state index in [1.165, 1.54) is 0 Å². The van der Waals surface area contributed by atoms with Gasteiger partial charge in [0.15, 0.2) is 0 Å². The molecule has 1 amide bonds. The third kappa shape index (κ3) is 5.12. The molecule has 4 rings (SSSR count). The van der Waals surface area contributed by atoms with Gasteiger partial charge in [0.05, 0.1) is 5.52 Å². The van der Waals surface area contributed by atoms with Crippen LogP contribution in [0.5, 0.6) is 5.75 Å². The van der Waals surface area contributed by atoms with Gasteiger partial charge in [-0.1, -0.05) is 44.5 Å². The van der Waals surface area contributed by atoms with Crippen molar-refractivity contribution in [3.05, 3.63) is 72.3 Å². The van der Waals surface area contributed by atoms with Crippen LogP contribution in [0.25, 0.3) is 21.8 Å². The second kappa shape index (κ2) is 9.96. The molecule has 0 saturated carbocycles. The fourth-order valence-corrected chi connectivity index (χ4v) is 4.11. The first-order valence-electron chi connectivity index (χ1n) is 11.4. The second-order valence-electron chi connectivity index (χ2n) is 8.64. The minimum atomic E-state index is -0.690. The molecule has 0 fully saturated rings. The maximum Gasteiger partial charge on any atom is 0.248 e. The molecule has 0 saturated heterocycles. The van der Waals surface area contributed by atoms with Crippen LogP contribution < -0.4 is 15.4 Å². The number of aromatic nitrogens is 1. The summed E-state index contributed by atoms with van der Waals surface area (Å²) in [5, 5.41) is 13.0. The number of fused-ring (bicyclic) bond motifs is 3. The molecule has 0 bridgehead atoms. The third-order valence-corrected chi connectivity index (χ3v) is 6.10. The van der Waals surface area contributed by atoms with E-state index < -0.39 is 12.0 Å². The van der Waals surface area contributed by atoms with E-state index in [4.69, 9.17) is 10.5 Å². The fourth-order valence-electron chi connectivity index (χ4n) is 4.11. The topological polar surface area (TPSA) is 91.6 Å². The number of rotatable bonds is 10. The molecule has 4 aromatic rings. The van der Waals surface area contributed by atoms with Crippen LogP contribution in [0.2, 0.25) is 0 Å². The lowest BCUT2D eigenvalue weighted by molar-refractivity contribution is 0.1000. The van der Waals surface area contributed by atoms with E-state index in [0.29, 0.717) is 18.0 Å². The number of benzene rings is 3. The number of hydrogen-bond acceptors (Lipinski definition) is 4. The number of carbonyl (C=O) groups excluding carboxylic acids is 1. The van der Waals surface area contributed by atoms with E-state index in [1.807, 2.05) is 48.5 Å². The number of hydrogen-bond donors (Lipinski definition) is 3. The second-order valence-corrected chi connectivity index (χ2v) is 8.64. The van der Waals surface area contributed by atoms with Gasteiger partial charge in [-0.05, 0) is 48.4 Å². The maximum atomic E-state index is 11.4. The molecule has 0 spiro atoms. The molecule has 3 aromatic carbocycles. The molecular weight excluding hydrogens is 414 g/mol. The SMILES string of the molecule is CCC(C)CN(C[C@H](O)COc1cccc2[nH]c3ccccc3c12)c1ccc(C(N)=O)cc1. The van der Waals surface area contributed by atoms with E-state index in [2.05, 4.69) is 29.8 Å². The van der Waals surface area contributed by atoms with Gasteiger partial charge in [-0.15, -0.1) is 0 Å². The van der Waals surface area contributed by atoms with Crippen molar-refractivity contribution in [1.29, 1.82) is 0 Å². The standard InChI is InChI=1S/C27H31N3O3/c1-3-18(2)15-30(20-13-11-19(12-14-20)27(28)32)16-21(31)17-33-25-10-6-9-24-26(25)22-7-4-5-8-23(22)29-24/h4-14,18,21,29,31H,3,15-17H2,1-2H3,(H2,28,32)/t18?,21-/m0/s1. The average molecular weight is 446 g/mol. The highest BCUT2D eigenvalue weighted by molar-refractivity contribution is 6.10. The zero-order chi connectivity index (χ0) is 23.4. The predicted molar refractivity (Wildman–Crippen MR) is 134 cm³/mol. The number of ether oxygens (including phenoxy) is 1. The highest BCUT2D eigenvalue weighted by atomic mass is 16.5. The van der Waals surface area contributed by atoms with E-state index in [0.717, 1.165) is 46.2 Å². The summed E-state index contributed by atoms with van der Waals surface area (Å²) in [6, 6.07) is 21.3. The quantitative estimate of drug-likeness (QED) is 0.330. The van der Waals surface area contributed by atoms with E-state index >= 15 is 0 Å². The minimum absolute atomic E-state index is 0.176. The number of nitrogens with zero attached hydrogens (tertiary/aromatic N) is 1. The lowest BCUT2D eigenvalue weighted by Gasteiger charge is -2.30. The number of nitrogens with two attached hydrogens (primary N) is 1. The molecule has 172 valence electrons. The molecule has 0 aliphatic rings. The fraction of sp³-hybridized carbons (Fsp3) is 0.296. The van der Waals surface area contributed by atoms with Crippen LogP contribution in [-0.2, 0) is 0 Å². The van der Waals surface area contributed by atoms with Crippen LogP contribution in [0.3, 0.4) is 0 Å². The number of aliphatic hydroxyl groups is 1. The Balaban J connectivity index is 1.49. The van der Waals surface area contributed by atoms with E-state index in [9.17, 15) is 9.90 Å². The summed E-state index contributed by atoms with van der Waals surface area (Å²) in [5.41, 5.74) is 8.85. The van der Waals surface area contributed by atoms with Crippen molar-refractivity contribution in [1.82, 2.24) is 4.98 Å². The Morgan fingerprint density at radius 2 is 1.76 bits per heavy atom. The number of H-pyrrole nitrogens is 1.